The van der Waals surface area contributed by atoms with E-state index in [9.17, 15) is 18.0 Å². The molecule has 9 nitrogen and oxygen atoms in total. The first-order valence-electron chi connectivity index (χ1n) is 12.3. The second-order valence-corrected chi connectivity index (χ2v) is 11.6. The molecule has 2 rings (SSSR count). The molecular weight excluding hydrogens is 492 g/mol. The van der Waals surface area contributed by atoms with E-state index in [4.69, 9.17) is 4.74 Å². The monoisotopic (exact) mass is 532 g/mol. The van der Waals surface area contributed by atoms with Crippen LogP contribution in [0.5, 0.6) is 5.75 Å². The van der Waals surface area contributed by atoms with Crippen LogP contribution in [0.25, 0.3) is 0 Å². The Hall–Kier alpha value is -3.11. The van der Waals surface area contributed by atoms with Crippen molar-refractivity contribution < 1.29 is 22.7 Å². The van der Waals surface area contributed by atoms with Crippen LogP contribution in [0.15, 0.2) is 42.5 Å². The minimum atomic E-state index is -4.02. The molecule has 2 aromatic rings. The Morgan fingerprint density at radius 1 is 1.05 bits per heavy atom. The molecule has 0 saturated heterocycles. The smallest absolute Gasteiger partial charge is 0.304 e. The van der Waals surface area contributed by atoms with Gasteiger partial charge in [0.25, 0.3) is 0 Å². The molecule has 1 atom stereocenters. The fourth-order valence-corrected chi connectivity index (χ4v) is 5.07. The first-order chi connectivity index (χ1) is 17.3. The third-order valence-electron chi connectivity index (χ3n) is 5.96. The van der Waals surface area contributed by atoms with Crippen LogP contribution in [0.3, 0.4) is 0 Å². The second kappa shape index (κ2) is 12.9. The summed E-state index contributed by atoms with van der Waals surface area (Å²) in [5.74, 6) is -0.154. The fraction of sp³-hybridized carbons (Fsp3) is 0.481. The van der Waals surface area contributed by atoms with Gasteiger partial charge < -0.3 is 15.0 Å². The Balaban J connectivity index is 2.57. The highest BCUT2D eigenvalue weighted by Gasteiger charge is 2.34. The van der Waals surface area contributed by atoms with E-state index in [0.717, 1.165) is 19.7 Å². The van der Waals surface area contributed by atoms with Crippen LogP contribution in [0.1, 0.15) is 43.9 Å². The number of hydrogen-bond donors (Lipinski definition) is 1. The first kappa shape index (κ1) is 30.1. The summed E-state index contributed by atoms with van der Waals surface area (Å²) in [7, 11) is 0.395. The predicted molar refractivity (Wildman–Crippen MR) is 147 cm³/mol. The highest BCUT2D eigenvalue weighted by atomic mass is 32.2. The fourth-order valence-electron chi connectivity index (χ4n) is 3.96. The lowest BCUT2D eigenvalue weighted by Gasteiger charge is -2.34. The molecule has 0 aliphatic rings. The van der Waals surface area contributed by atoms with Gasteiger partial charge in [0.05, 0.1) is 12.8 Å². The van der Waals surface area contributed by atoms with Gasteiger partial charge in [-0.1, -0.05) is 31.2 Å². The maximum Gasteiger partial charge on any atom is 0.304 e. The van der Waals surface area contributed by atoms with Gasteiger partial charge in [0.1, 0.15) is 18.3 Å². The van der Waals surface area contributed by atoms with Crippen LogP contribution < -0.4 is 14.4 Å². The van der Waals surface area contributed by atoms with Crippen LogP contribution in [0, 0.1) is 13.8 Å². The largest absolute Gasteiger partial charge is 0.497 e. The number of carbonyl (C=O) groups excluding carboxylic acids is 2. The molecule has 0 saturated carbocycles. The van der Waals surface area contributed by atoms with Gasteiger partial charge in [0.15, 0.2) is 0 Å². The number of amides is 2. The normalized spacial score (nSPS) is 12.4. The highest BCUT2D eigenvalue weighted by molar-refractivity contribution is 7.90. The highest BCUT2D eigenvalue weighted by Crippen LogP contribution is 2.26. The van der Waals surface area contributed by atoms with Crippen molar-refractivity contribution in [3.05, 3.63) is 59.2 Å². The number of benzene rings is 2. The maximum atomic E-state index is 13.9. The summed E-state index contributed by atoms with van der Waals surface area (Å²) in [5.41, 5.74) is 2.76. The zero-order chi connectivity index (χ0) is 27.9. The summed E-state index contributed by atoms with van der Waals surface area (Å²) >= 11 is 0. The molecule has 0 heterocycles. The van der Waals surface area contributed by atoms with Crippen molar-refractivity contribution in [2.24, 2.45) is 0 Å². The first-order valence-corrected chi connectivity index (χ1v) is 13.7. The molecule has 10 heteroatoms. The molecule has 1 unspecified atom stereocenters. The van der Waals surface area contributed by atoms with Crippen LogP contribution in [0.4, 0.5) is 5.69 Å². The molecule has 0 aromatic heterocycles. The zero-order valence-electron chi connectivity index (χ0n) is 23.1. The van der Waals surface area contributed by atoms with Crippen molar-refractivity contribution in [3.8, 4) is 5.75 Å². The summed E-state index contributed by atoms with van der Waals surface area (Å²) < 4.78 is 34.3. The van der Waals surface area contributed by atoms with E-state index in [1.165, 1.54) is 19.0 Å². The molecule has 2 amide bonds. The SMILES string of the molecule is CCC(C(=O)NC(C)C)N(Cc1cccc(OC)c1)C(=O)CN(c1cc(C)ccc1C)S(=O)(=O)N(C)C. The molecule has 0 fully saturated rings. The van der Waals surface area contributed by atoms with Gasteiger partial charge in [-0.2, -0.15) is 12.7 Å². The van der Waals surface area contributed by atoms with Crippen LogP contribution in [-0.4, -0.2) is 69.3 Å². The third kappa shape index (κ3) is 7.69. The average molecular weight is 533 g/mol. The summed E-state index contributed by atoms with van der Waals surface area (Å²) in [4.78, 5) is 28.5. The Bertz CT molecular complexity index is 1200. The molecule has 1 N–H and O–H groups in total. The van der Waals surface area contributed by atoms with Crippen LogP contribution >= 0.6 is 0 Å². The van der Waals surface area contributed by atoms with Gasteiger partial charge in [-0.05, 0) is 69.0 Å². The van der Waals surface area contributed by atoms with Gasteiger partial charge in [0, 0.05) is 26.7 Å². The lowest BCUT2D eigenvalue weighted by atomic mass is 10.1. The van der Waals surface area contributed by atoms with Crippen molar-refractivity contribution in [3.63, 3.8) is 0 Å². The van der Waals surface area contributed by atoms with E-state index in [2.05, 4.69) is 5.32 Å². The summed E-state index contributed by atoms with van der Waals surface area (Å²) in [6, 6.07) is 11.8. The molecule has 0 bridgehead atoms. The maximum absolute atomic E-state index is 13.9. The molecule has 204 valence electrons. The summed E-state index contributed by atoms with van der Waals surface area (Å²) in [6.07, 6.45) is 0.359. The number of methoxy groups -OCH3 is 1. The Kier molecular flexibility index (Phi) is 10.5. The molecule has 0 spiro atoms. The van der Waals surface area contributed by atoms with E-state index in [1.54, 1.807) is 32.2 Å². The van der Waals surface area contributed by atoms with E-state index in [0.29, 0.717) is 23.4 Å². The standard InChI is InChI=1S/C27H40N4O5S/c1-9-24(27(33)28-19(2)3)30(17-22-11-10-12-23(16-22)36-8)26(32)18-31(37(34,35)29(6)7)25-15-20(4)13-14-21(25)5/h10-16,19,24H,9,17-18H2,1-8H3,(H,28,33). The third-order valence-corrected chi connectivity index (χ3v) is 7.76. The number of rotatable bonds is 12. The Morgan fingerprint density at radius 3 is 2.30 bits per heavy atom. The van der Waals surface area contributed by atoms with E-state index >= 15 is 0 Å². The molecular formula is C27H40N4O5S. The number of anilines is 1. The molecule has 0 radical (unpaired) electrons. The van der Waals surface area contributed by atoms with Gasteiger partial charge in [-0.3, -0.25) is 9.59 Å². The van der Waals surface area contributed by atoms with Crippen molar-refractivity contribution in [2.75, 3.05) is 32.1 Å². The second-order valence-electron chi connectivity index (χ2n) is 9.55. The Labute approximate surface area is 221 Å². The number of hydrogen-bond acceptors (Lipinski definition) is 5. The predicted octanol–water partition coefficient (Wildman–Crippen LogP) is 3.26. The lowest BCUT2D eigenvalue weighted by molar-refractivity contribution is -0.140. The van der Waals surface area contributed by atoms with E-state index in [1.807, 2.05) is 52.0 Å². The summed E-state index contributed by atoms with van der Waals surface area (Å²) in [5, 5.41) is 2.89. The number of carbonyl (C=O) groups is 2. The number of nitrogens with one attached hydrogen (secondary N) is 1. The molecule has 0 aliphatic carbocycles. The molecule has 0 aliphatic heterocycles. The molecule has 2 aromatic carbocycles. The molecule has 37 heavy (non-hydrogen) atoms. The van der Waals surface area contributed by atoms with Gasteiger partial charge >= 0.3 is 10.2 Å². The number of aryl methyl sites for hydroxylation is 2. The lowest BCUT2D eigenvalue weighted by Crippen LogP contribution is -2.54. The van der Waals surface area contributed by atoms with Gasteiger partial charge in [-0.25, -0.2) is 4.31 Å². The Morgan fingerprint density at radius 2 is 1.73 bits per heavy atom. The van der Waals surface area contributed by atoms with E-state index < -0.39 is 28.7 Å². The quantitative estimate of drug-likeness (QED) is 0.452. The number of ether oxygens (including phenoxy) is 1. The minimum Gasteiger partial charge on any atom is -0.497 e. The minimum absolute atomic E-state index is 0.114. The topological polar surface area (TPSA) is 99.3 Å². The van der Waals surface area contributed by atoms with E-state index in [-0.39, 0.29) is 18.5 Å². The van der Waals surface area contributed by atoms with Crippen LogP contribution in [0.2, 0.25) is 0 Å². The van der Waals surface area contributed by atoms with Crippen molar-refractivity contribution in [1.82, 2.24) is 14.5 Å². The van der Waals surface area contributed by atoms with Gasteiger partial charge in [0.2, 0.25) is 11.8 Å². The van der Waals surface area contributed by atoms with Gasteiger partial charge in [-0.15, -0.1) is 0 Å². The summed E-state index contributed by atoms with van der Waals surface area (Å²) in [6.45, 7) is 8.86. The van der Waals surface area contributed by atoms with Crippen molar-refractivity contribution in [1.29, 1.82) is 0 Å². The zero-order valence-corrected chi connectivity index (χ0v) is 23.9. The average Bonchev–Trinajstić information content (AvgIpc) is 2.83. The van der Waals surface area contributed by atoms with Crippen molar-refractivity contribution in [2.45, 2.75) is 59.7 Å². The van der Waals surface area contributed by atoms with Crippen molar-refractivity contribution >= 4 is 27.7 Å². The number of nitrogens with zero attached hydrogens (tertiary/aromatic N) is 3. The van der Waals surface area contributed by atoms with Crippen LogP contribution in [-0.2, 0) is 26.3 Å².